The molecule has 0 aliphatic carbocycles. The van der Waals surface area contributed by atoms with Crippen LogP contribution in [0.2, 0.25) is 0 Å². The van der Waals surface area contributed by atoms with Gasteiger partial charge in [-0.15, -0.1) is 0 Å². The molecule has 0 unspecified atom stereocenters. The van der Waals surface area contributed by atoms with Crippen molar-refractivity contribution in [3.63, 3.8) is 0 Å². The van der Waals surface area contributed by atoms with E-state index in [0.29, 0.717) is 17.5 Å². The summed E-state index contributed by atoms with van der Waals surface area (Å²) < 4.78 is 39.9. The summed E-state index contributed by atoms with van der Waals surface area (Å²) in [6.07, 6.45) is -2.72. The molecular weight excluding hydrogens is 289 g/mol. The van der Waals surface area contributed by atoms with E-state index in [4.69, 9.17) is 0 Å². The molecule has 1 aromatic rings. The van der Waals surface area contributed by atoms with Crippen LogP contribution >= 0.6 is 11.9 Å². The topological polar surface area (TPSA) is 41.1 Å². The number of aryl methyl sites for hydroxylation is 1. The number of rotatable bonds is 3. The van der Waals surface area contributed by atoms with Gasteiger partial charge in [-0.3, -0.25) is 0 Å². The van der Waals surface area contributed by atoms with Crippen molar-refractivity contribution in [2.75, 3.05) is 26.2 Å². The summed E-state index contributed by atoms with van der Waals surface area (Å²) in [7, 11) is 0. The second kappa shape index (κ2) is 4.85. The lowest BCUT2D eigenvalue weighted by Gasteiger charge is -2.55. The highest BCUT2D eigenvalue weighted by Crippen LogP contribution is 2.41. The Labute approximate surface area is 119 Å². The standard InChI is InChI=1S/C12H15F3N4S/c1-2-8-9(3-17-10(18-8)12(13,14)15)20-19-6-11(7-19)4-16-5-11/h3,16H,2,4-7H2,1H3. The molecule has 0 atom stereocenters. The minimum atomic E-state index is -4.48. The predicted octanol–water partition coefficient (Wildman–Crippen LogP) is 1.97. The van der Waals surface area contributed by atoms with E-state index in [1.54, 1.807) is 6.92 Å². The maximum absolute atomic E-state index is 12.6. The molecule has 4 nitrogen and oxygen atoms in total. The van der Waals surface area contributed by atoms with Crippen molar-refractivity contribution in [1.29, 1.82) is 0 Å². The Morgan fingerprint density at radius 1 is 1.40 bits per heavy atom. The summed E-state index contributed by atoms with van der Waals surface area (Å²) >= 11 is 1.47. The summed E-state index contributed by atoms with van der Waals surface area (Å²) in [5.74, 6) is -1.05. The van der Waals surface area contributed by atoms with Crippen LogP contribution in [-0.4, -0.2) is 40.5 Å². The van der Waals surface area contributed by atoms with Gasteiger partial charge in [0.15, 0.2) is 0 Å². The Morgan fingerprint density at radius 3 is 2.60 bits per heavy atom. The largest absolute Gasteiger partial charge is 0.451 e. The van der Waals surface area contributed by atoms with Gasteiger partial charge in [0.05, 0.1) is 10.6 Å². The minimum absolute atomic E-state index is 0.395. The number of hydrogen-bond donors (Lipinski definition) is 1. The highest BCUT2D eigenvalue weighted by atomic mass is 32.2. The molecule has 0 bridgehead atoms. The molecule has 0 aromatic carbocycles. The van der Waals surface area contributed by atoms with Gasteiger partial charge in [-0.2, -0.15) is 13.2 Å². The quantitative estimate of drug-likeness (QED) is 0.865. The zero-order valence-corrected chi connectivity index (χ0v) is 11.8. The lowest BCUT2D eigenvalue weighted by molar-refractivity contribution is -0.145. The molecule has 0 amide bonds. The smallest absolute Gasteiger partial charge is 0.315 e. The monoisotopic (exact) mass is 304 g/mol. The van der Waals surface area contributed by atoms with Crippen molar-refractivity contribution in [2.45, 2.75) is 24.4 Å². The highest BCUT2D eigenvalue weighted by molar-refractivity contribution is 7.97. The van der Waals surface area contributed by atoms with E-state index in [-0.39, 0.29) is 0 Å². The van der Waals surface area contributed by atoms with Crippen molar-refractivity contribution < 1.29 is 13.2 Å². The summed E-state index contributed by atoms with van der Waals surface area (Å²) in [5.41, 5.74) is 0.858. The van der Waals surface area contributed by atoms with Crippen LogP contribution in [0.15, 0.2) is 11.1 Å². The maximum atomic E-state index is 12.6. The van der Waals surface area contributed by atoms with Crippen molar-refractivity contribution in [2.24, 2.45) is 5.41 Å². The second-order valence-corrected chi connectivity index (χ2v) is 6.49. The van der Waals surface area contributed by atoms with Crippen LogP contribution in [0.1, 0.15) is 18.4 Å². The van der Waals surface area contributed by atoms with E-state index in [9.17, 15) is 13.2 Å². The first-order valence-corrected chi connectivity index (χ1v) is 7.26. The number of hydrogen-bond acceptors (Lipinski definition) is 5. The van der Waals surface area contributed by atoms with Crippen LogP contribution in [0.5, 0.6) is 0 Å². The molecule has 3 heterocycles. The molecule has 3 rings (SSSR count). The number of nitrogens with one attached hydrogen (secondary N) is 1. The van der Waals surface area contributed by atoms with Gasteiger partial charge in [-0.1, -0.05) is 6.92 Å². The van der Waals surface area contributed by atoms with Crippen LogP contribution in [0.3, 0.4) is 0 Å². The SMILES string of the molecule is CCc1nc(C(F)(F)F)ncc1SN1CC2(CNC2)C1. The van der Waals surface area contributed by atoms with Gasteiger partial charge in [0, 0.05) is 37.8 Å². The average molecular weight is 304 g/mol. The fraction of sp³-hybridized carbons (Fsp3) is 0.667. The fourth-order valence-electron chi connectivity index (χ4n) is 2.48. The van der Waals surface area contributed by atoms with E-state index < -0.39 is 12.0 Å². The first kappa shape index (κ1) is 14.1. The number of nitrogens with zero attached hydrogens (tertiary/aromatic N) is 3. The first-order valence-electron chi connectivity index (χ1n) is 6.49. The third-order valence-corrected chi connectivity index (χ3v) is 4.72. The lowest BCUT2D eigenvalue weighted by Crippen LogP contribution is -2.69. The summed E-state index contributed by atoms with van der Waals surface area (Å²) in [6, 6.07) is 0. The Kier molecular flexibility index (Phi) is 3.42. The van der Waals surface area contributed by atoms with Crippen molar-refractivity contribution in [3.05, 3.63) is 17.7 Å². The van der Waals surface area contributed by atoms with Gasteiger partial charge in [-0.25, -0.2) is 14.3 Å². The van der Waals surface area contributed by atoms with Gasteiger partial charge in [0.25, 0.3) is 0 Å². The molecule has 2 fully saturated rings. The van der Waals surface area contributed by atoms with E-state index in [1.807, 2.05) is 0 Å². The molecule has 110 valence electrons. The number of alkyl halides is 3. The molecule has 8 heteroatoms. The Hall–Kier alpha value is -0.860. The third-order valence-electron chi connectivity index (χ3n) is 3.67. The zero-order chi connectivity index (χ0) is 14.4. The van der Waals surface area contributed by atoms with E-state index >= 15 is 0 Å². The molecule has 2 saturated heterocycles. The summed E-state index contributed by atoms with van der Waals surface area (Å²) in [5, 5.41) is 3.25. The first-order chi connectivity index (χ1) is 9.42. The van der Waals surface area contributed by atoms with E-state index in [1.165, 1.54) is 18.1 Å². The van der Waals surface area contributed by atoms with Gasteiger partial charge in [-0.05, 0) is 18.4 Å². The summed E-state index contributed by atoms with van der Waals surface area (Å²) in [4.78, 5) is 7.82. The molecular formula is C12H15F3N4S. The molecule has 0 saturated carbocycles. The van der Waals surface area contributed by atoms with Crippen LogP contribution in [0, 0.1) is 5.41 Å². The van der Waals surface area contributed by atoms with Gasteiger partial charge in [0.1, 0.15) is 0 Å². The zero-order valence-electron chi connectivity index (χ0n) is 11.0. The Morgan fingerprint density at radius 2 is 2.10 bits per heavy atom. The van der Waals surface area contributed by atoms with Crippen molar-refractivity contribution >= 4 is 11.9 Å². The molecule has 20 heavy (non-hydrogen) atoms. The minimum Gasteiger partial charge on any atom is -0.315 e. The Balaban J connectivity index is 1.70. The normalized spacial score (nSPS) is 21.6. The van der Waals surface area contributed by atoms with E-state index in [0.717, 1.165) is 31.1 Å². The number of aromatic nitrogens is 2. The average Bonchev–Trinajstić information content (AvgIpc) is 2.29. The molecule has 1 aromatic heterocycles. The maximum Gasteiger partial charge on any atom is 0.451 e. The van der Waals surface area contributed by atoms with Crippen LogP contribution in [0.4, 0.5) is 13.2 Å². The number of halogens is 3. The van der Waals surface area contributed by atoms with E-state index in [2.05, 4.69) is 19.6 Å². The fourth-order valence-corrected chi connectivity index (χ4v) is 3.83. The molecule has 0 radical (unpaired) electrons. The molecule has 1 spiro atoms. The molecule has 2 aliphatic rings. The van der Waals surface area contributed by atoms with Gasteiger partial charge in [0.2, 0.25) is 5.82 Å². The van der Waals surface area contributed by atoms with Crippen LogP contribution in [0.25, 0.3) is 0 Å². The van der Waals surface area contributed by atoms with Crippen molar-refractivity contribution in [3.8, 4) is 0 Å². The summed E-state index contributed by atoms with van der Waals surface area (Å²) in [6.45, 7) is 5.81. The highest BCUT2D eigenvalue weighted by Gasteiger charge is 2.48. The van der Waals surface area contributed by atoms with Crippen LogP contribution in [-0.2, 0) is 12.6 Å². The van der Waals surface area contributed by atoms with Gasteiger partial charge >= 0.3 is 6.18 Å². The Bertz CT molecular complexity index is 508. The van der Waals surface area contributed by atoms with Gasteiger partial charge < -0.3 is 5.32 Å². The predicted molar refractivity (Wildman–Crippen MR) is 69.1 cm³/mol. The van der Waals surface area contributed by atoms with Crippen LogP contribution < -0.4 is 5.32 Å². The lowest BCUT2D eigenvalue weighted by atomic mass is 9.76. The molecule has 2 aliphatic heterocycles. The second-order valence-electron chi connectivity index (χ2n) is 5.35. The van der Waals surface area contributed by atoms with Crippen molar-refractivity contribution in [1.82, 2.24) is 19.6 Å². The molecule has 1 N–H and O–H groups in total. The third kappa shape index (κ3) is 2.51.